The van der Waals surface area contributed by atoms with Crippen LogP contribution < -0.4 is 4.90 Å². The predicted molar refractivity (Wildman–Crippen MR) is 167 cm³/mol. The van der Waals surface area contributed by atoms with Gasteiger partial charge >= 0.3 is 0 Å². The van der Waals surface area contributed by atoms with E-state index in [2.05, 4.69) is 169 Å². The minimum atomic E-state index is 1.13. The van der Waals surface area contributed by atoms with E-state index in [0.29, 0.717) is 0 Å². The van der Waals surface area contributed by atoms with Gasteiger partial charge in [0.15, 0.2) is 0 Å². The van der Waals surface area contributed by atoms with E-state index in [9.17, 15) is 0 Å². The molecule has 0 atom stereocenters. The molecule has 0 aliphatic heterocycles. The number of fused-ring (bicyclic) bond motifs is 2. The van der Waals surface area contributed by atoms with Crippen LogP contribution in [0.2, 0.25) is 0 Å². The molecule has 1 heteroatoms. The third-order valence-corrected chi connectivity index (χ3v) is 7.45. The van der Waals surface area contributed by atoms with Crippen molar-refractivity contribution in [3.63, 3.8) is 0 Å². The summed E-state index contributed by atoms with van der Waals surface area (Å²) in [7, 11) is 0. The molecule has 0 amide bonds. The Morgan fingerprint density at radius 2 is 0.872 bits per heavy atom. The van der Waals surface area contributed by atoms with Crippen molar-refractivity contribution < 1.29 is 0 Å². The minimum Gasteiger partial charge on any atom is -0.309 e. The summed E-state index contributed by atoms with van der Waals surface area (Å²) in [5, 5.41) is 4.95. The fourth-order valence-electron chi connectivity index (χ4n) is 5.71. The summed E-state index contributed by atoms with van der Waals surface area (Å²) in [5.41, 5.74) is 8.33. The van der Waals surface area contributed by atoms with Gasteiger partial charge in [0.25, 0.3) is 0 Å². The standard InChI is InChI=1S/C38H27N/c1-3-14-29(15-4-1)33-24-11-18-30-19-12-25-35(38(30)33)34-23-9-10-26-37(34)39(31-20-5-2-6-21-31)36-27-13-17-28-16-7-8-22-32(28)36/h1-27H. The zero-order chi connectivity index (χ0) is 26.0. The molecule has 0 saturated heterocycles. The first-order valence-electron chi connectivity index (χ1n) is 13.4. The Kier molecular flexibility index (Phi) is 5.88. The largest absolute Gasteiger partial charge is 0.309 e. The molecule has 0 heterocycles. The molecule has 7 rings (SSSR count). The van der Waals surface area contributed by atoms with Gasteiger partial charge in [-0.1, -0.05) is 140 Å². The number of hydrogen-bond donors (Lipinski definition) is 0. The van der Waals surface area contributed by atoms with Crippen molar-refractivity contribution in [2.45, 2.75) is 0 Å². The third kappa shape index (κ3) is 4.15. The summed E-state index contributed by atoms with van der Waals surface area (Å²) in [6.45, 7) is 0. The van der Waals surface area contributed by atoms with Crippen LogP contribution in [-0.4, -0.2) is 0 Å². The molecule has 184 valence electrons. The van der Waals surface area contributed by atoms with Crippen LogP contribution in [0.1, 0.15) is 0 Å². The van der Waals surface area contributed by atoms with Crippen LogP contribution in [0.25, 0.3) is 43.8 Å². The SMILES string of the molecule is c1ccc(-c2cccc3cccc(-c4ccccc4N(c4ccccc4)c4cccc5ccccc45)c23)cc1. The van der Waals surface area contributed by atoms with Crippen molar-refractivity contribution in [3.8, 4) is 22.3 Å². The zero-order valence-electron chi connectivity index (χ0n) is 21.5. The van der Waals surface area contributed by atoms with Gasteiger partial charge in [-0.05, 0) is 57.1 Å². The highest BCUT2D eigenvalue weighted by Crippen LogP contribution is 2.45. The number of nitrogens with zero attached hydrogens (tertiary/aromatic N) is 1. The van der Waals surface area contributed by atoms with Gasteiger partial charge in [-0.25, -0.2) is 0 Å². The Labute approximate surface area is 229 Å². The summed E-state index contributed by atoms with van der Waals surface area (Å²) in [6.07, 6.45) is 0. The molecule has 0 bridgehead atoms. The maximum atomic E-state index is 2.40. The molecule has 0 aliphatic carbocycles. The summed E-state index contributed by atoms with van der Waals surface area (Å²) < 4.78 is 0. The zero-order valence-corrected chi connectivity index (χ0v) is 21.5. The molecular weight excluding hydrogens is 470 g/mol. The van der Waals surface area contributed by atoms with E-state index in [1.165, 1.54) is 43.8 Å². The van der Waals surface area contributed by atoms with Crippen molar-refractivity contribution in [2.75, 3.05) is 4.90 Å². The minimum absolute atomic E-state index is 1.13. The number of anilines is 3. The Morgan fingerprint density at radius 1 is 0.333 bits per heavy atom. The lowest BCUT2D eigenvalue weighted by atomic mass is 9.90. The molecule has 7 aromatic carbocycles. The molecule has 0 fully saturated rings. The van der Waals surface area contributed by atoms with E-state index >= 15 is 0 Å². The van der Waals surface area contributed by atoms with Crippen molar-refractivity contribution in [2.24, 2.45) is 0 Å². The van der Waals surface area contributed by atoms with Gasteiger partial charge in [-0.15, -0.1) is 0 Å². The van der Waals surface area contributed by atoms with Crippen molar-refractivity contribution in [3.05, 3.63) is 164 Å². The quantitative estimate of drug-likeness (QED) is 0.229. The normalized spacial score (nSPS) is 11.1. The van der Waals surface area contributed by atoms with Crippen molar-refractivity contribution in [1.82, 2.24) is 0 Å². The van der Waals surface area contributed by atoms with Crippen LogP contribution in [0, 0.1) is 0 Å². The second-order valence-electron chi connectivity index (χ2n) is 9.76. The first-order chi connectivity index (χ1) is 19.4. The Bertz CT molecular complexity index is 1890. The van der Waals surface area contributed by atoms with Crippen molar-refractivity contribution >= 4 is 38.6 Å². The summed E-state index contributed by atoms with van der Waals surface area (Å²) >= 11 is 0. The fraction of sp³-hybridized carbons (Fsp3) is 0. The second kappa shape index (κ2) is 9.96. The Morgan fingerprint density at radius 3 is 1.69 bits per heavy atom. The average Bonchev–Trinajstić information content (AvgIpc) is 3.02. The van der Waals surface area contributed by atoms with Gasteiger partial charge in [0.2, 0.25) is 0 Å². The molecule has 0 N–H and O–H groups in total. The van der Waals surface area contributed by atoms with Crippen LogP contribution >= 0.6 is 0 Å². The highest BCUT2D eigenvalue weighted by Gasteiger charge is 2.20. The molecule has 0 aromatic heterocycles. The lowest BCUT2D eigenvalue weighted by Gasteiger charge is -2.29. The van der Waals surface area contributed by atoms with E-state index < -0.39 is 0 Å². The molecule has 1 nitrogen and oxygen atoms in total. The van der Waals surface area contributed by atoms with E-state index in [0.717, 1.165) is 17.1 Å². The van der Waals surface area contributed by atoms with E-state index in [1.54, 1.807) is 0 Å². The summed E-state index contributed by atoms with van der Waals surface area (Å²) in [4.78, 5) is 2.40. The molecule has 0 aliphatic rings. The lowest BCUT2D eigenvalue weighted by Crippen LogP contribution is -2.11. The van der Waals surface area contributed by atoms with Crippen LogP contribution in [-0.2, 0) is 0 Å². The first-order valence-corrected chi connectivity index (χ1v) is 13.4. The maximum absolute atomic E-state index is 2.40. The monoisotopic (exact) mass is 497 g/mol. The highest BCUT2D eigenvalue weighted by atomic mass is 15.1. The van der Waals surface area contributed by atoms with Crippen LogP contribution in [0.5, 0.6) is 0 Å². The number of benzene rings is 7. The summed E-state index contributed by atoms with van der Waals surface area (Å²) in [5.74, 6) is 0. The summed E-state index contributed by atoms with van der Waals surface area (Å²) in [6, 6.07) is 58.6. The first kappa shape index (κ1) is 23.0. The molecule has 39 heavy (non-hydrogen) atoms. The van der Waals surface area contributed by atoms with Gasteiger partial charge in [0.05, 0.1) is 11.4 Å². The van der Waals surface area contributed by atoms with Gasteiger partial charge in [0, 0.05) is 16.6 Å². The van der Waals surface area contributed by atoms with Crippen LogP contribution in [0.15, 0.2) is 164 Å². The van der Waals surface area contributed by atoms with Gasteiger partial charge in [-0.3, -0.25) is 0 Å². The number of para-hydroxylation sites is 2. The fourth-order valence-corrected chi connectivity index (χ4v) is 5.71. The number of rotatable bonds is 5. The maximum Gasteiger partial charge on any atom is 0.0540 e. The number of hydrogen-bond acceptors (Lipinski definition) is 1. The molecule has 0 unspecified atom stereocenters. The topological polar surface area (TPSA) is 3.24 Å². The van der Waals surface area contributed by atoms with Gasteiger partial charge < -0.3 is 4.90 Å². The van der Waals surface area contributed by atoms with Crippen LogP contribution in [0.4, 0.5) is 17.1 Å². The predicted octanol–water partition coefficient (Wildman–Crippen LogP) is 10.8. The third-order valence-electron chi connectivity index (χ3n) is 7.45. The molecular formula is C38H27N. The molecule has 0 spiro atoms. The Balaban J connectivity index is 1.53. The average molecular weight is 498 g/mol. The van der Waals surface area contributed by atoms with E-state index in [1.807, 2.05) is 0 Å². The van der Waals surface area contributed by atoms with Gasteiger partial charge in [-0.2, -0.15) is 0 Å². The van der Waals surface area contributed by atoms with Crippen molar-refractivity contribution in [1.29, 1.82) is 0 Å². The van der Waals surface area contributed by atoms with Gasteiger partial charge in [0.1, 0.15) is 0 Å². The molecule has 7 aromatic rings. The highest BCUT2D eigenvalue weighted by molar-refractivity contribution is 6.09. The van der Waals surface area contributed by atoms with E-state index in [4.69, 9.17) is 0 Å². The van der Waals surface area contributed by atoms with Crippen LogP contribution in [0.3, 0.4) is 0 Å². The smallest absolute Gasteiger partial charge is 0.0540 e. The molecule has 0 radical (unpaired) electrons. The lowest BCUT2D eigenvalue weighted by molar-refractivity contribution is 1.30. The Hall–Kier alpha value is -5.14. The molecule has 0 saturated carbocycles. The van der Waals surface area contributed by atoms with E-state index in [-0.39, 0.29) is 0 Å². The second-order valence-corrected chi connectivity index (χ2v) is 9.76.